The molecule has 5 rings (SSSR count). The monoisotopic (exact) mass is 397 g/mol. The number of hydrogen-bond acceptors (Lipinski definition) is 6. The van der Waals surface area contributed by atoms with E-state index in [1.807, 2.05) is 31.2 Å². The van der Waals surface area contributed by atoms with Crippen molar-refractivity contribution in [1.29, 1.82) is 0 Å². The fraction of sp³-hybridized carbons (Fsp3) is 0.136. The van der Waals surface area contributed by atoms with Crippen molar-refractivity contribution in [3.63, 3.8) is 0 Å². The van der Waals surface area contributed by atoms with Crippen LogP contribution >= 0.6 is 0 Å². The van der Waals surface area contributed by atoms with Crippen LogP contribution < -0.4 is 11.0 Å². The molecule has 0 amide bonds. The highest BCUT2D eigenvalue weighted by Crippen LogP contribution is 2.29. The van der Waals surface area contributed by atoms with Gasteiger partial charge in [0, 0.05) is 43.6 Å². The Kier molecular flexibility index (Phi) is 4.06. The Labute approximate surface area is 171 Å². The highest BCUT2D eigenvalue weighted by Gasteiger charge is 2.17. The SMILES string of the molecule is CNc1ncc(-c2ccc3ncc4c(c3c2)n(-c2cncc(C)c2)c(=O)n4C)cn1. The van der Waals surface area contributed by atoms with Gasteiger partial charge in [0.05, 0.1) is 34.6 Å². The van der Waals surface area contributed by atoms with Gasteiger partial charge in [0.2, 0.25) is 5.95 Å². The first-order valence-corrected chi connectivity index (χ1v) is 9.49. The summed E-state index contributed by atoms with van der Waals surface area (Å²) in [6.07, 6.45) is 8.76. The number of aromatic nitrogens is 6. The van der Waals surface area contributed by atoms with Crippen molar-refractivity contribution in [2.75, 3.05) is 12.4 Å². The van der Waals surface area contributed by atoms with Gasteiger partial charge < -0.3 is 5.32 Å². The number of imidazole rings is 1. The van der Waals surface area contributed by atoms with Crippen molar-refractivity contribution in [3.05, 3.63) is 71.3 Å². The number of fused-ring (bicyclic) bond motifs is 3. The third-order valence-electron chi connectivity index (χ3n) is 5.21. The Morgan fingerprint density at radius 1 is 0.933 bits per heavy atom. The first kappa shape index (κ1) is 18.0. The van der Waals surface area contributed by atoms with Crippen LogP contribution in [0.5, 0.6) is 0 Å². The number of nitrogens with zero attached hydrogens (tertiary/aromatic N) is 6. The molecule has 0 aliphatic heterocycles. The van der Waals surface area contributed by atoms with E-state index in [2.05, 4.69) is 25.3 Å². The van der Waals surface area contributed by atoms with E-state index in [0.29, 0.717) is 5.95 Å². The molecular formula is C22H19N7O. The minimum Gasteiger partial charge on any atom is -0.357 e. The van der Waals surface area contributed by atoms with Crippen LogP contribution in [0.25, 0.3) is 38.8 Å². The summed E-state index contributed by atoms with van der Waals surface area (Å²) in [7, 11) is 3.54. The van der Waals surface area contributed by atoms with Gasteiger partial charge in [-0.1, -0.05) is 6.07 Å². The second-order valence-electron chi connectivity index (χ2n) is 7.17. The first-order valence-electron chi connectivity index (χ1n) is 9.49. The van der Waals surface area contributed by atoms with Crippen LogP contribution in [0.3, 0.4) is 0 Å². The summed E-state index contributed by atoms with van der Waals surface area (Å²) in [5.74, 6) is 0.562. The van der Waals surface area contributed by atoms with E-state index in [9.17, 15) is 4.79 Å². The molecule has 0 saturated heterocycles. The van der Waals surface area contributed by atoms with Crippen molar-refractivity contribution < 1.29 is 0 Å². The Hall–Kier alpha value is -4.07. The maximum atomic E-state index is 13.1. The number of rotatable bonds is 3. The summed E-state index contributed by atoms with van der Waals surface area (Å²) < 4.78 is 3.31. The average Bonchev–Trinajstić information content (AvgIpc) is 3.04. The lowest BCUT2D eigenvalue weighted by Crippen LogP contribution is -2.21. The van der Waals surface area contributed by atoms with Gasteiger partial charge in [-0.2, -0.15) is 0 Å². The normalized spacial score (nSPS) is 11.3. The molecule has 0 fully saturated rings. The molecule has 0 aliphatic rings. The third-order valence-corrected chi connectivity index (χ3v) is 5.21. The molecule has 5 aromatic rings. The van der Waals surface area contributed by atoms with Crippen molar-refractivity contribution >= 4 is 27.9 Å². The van der Waals surface area contributed by atoms with Crippen LogP contribution in [0.1, 0.15) is 5.56 Å². The largest absolute Gasteiger partial charge is 0.357 e. The molecule has 4 aromatic heterocycles. The minimum absolute atomic E-state index is 0.140. The van der Waals surface area contributed by atoms with Gasteiger partial charge in [0.1, 0.15) is 0 Å². The predicted octanol–water partition coefficient (Wildman–Crippen LogP) is 3.08. The van der Waals surface area contributed by atoms with Crippen molar-refractivity contribution in [2.45, 2.75) is 6.92 Å². The van der Waals surface area contributed by atoms with Crippen LogP contribution in [-0.2, 0) is 7.05 Å². The molecule has 148 valence electrons. The van der Waals surface area contributed by atoms with Crippen LogP contribution in [0.4, 0.5) is 5.95 Å². The van der Waals surface area contributed by atoms with Crippen LogP contribution in [-0.4, -0.2) is 36.1 Å². The lowest BCUT2D eigenvalue weighted by molar-refractivity contribution is 0.843. The van der Waals surface area contributed by atoms with E-state index < -0.39 is 0 Å². The van der Waals surface area contributed by atoms with Crippen molar-refractivity contribution in [3.8, 4) is 16.8 Å². The molecule has 0 saturated carbocycles. The zero-order valence-electron chi connectivity index (χ0n) is 16.8. The van der Waals surface area contributed by atoms with Gasteiger partial charge in [0.15, 0.2) is 0 Å². The predicted molar refractivity (Wildman–Crippen MR) is 117 cm³/mol. The molecule has 0 bridgehead atoms. The average molecular weight is 397 g/mol. The third kappa shape index (κ3) is 2.73. The Morgan fingerprint density at radius 2 is 1.73 bits per heavy atom. The first-order chi connectivity index (χ1) is 14.6. The summed E-state index contributed by atoms with van der Waals surface area (Å²) in [4.78, 5) is 30.6. The summed E-state index contributed by atoms with van der Waals surface area (Å²) in [6, 6.07) is 7.92. The maximum absolute atomic E-state index is 13.1. The second-order valence-corrected chi connectivity index (χ2v) is 7.17. The lowest BCUT2D eigenvalue weighted by Gasteiger charge is -2.08. The molecule has 0 radical (unpaired) electrons. The lowest BCUT2D eigenvalue weighted by atomic mass is 10.1. The van der Waals surface area contributed by atoms with E-state index >= 15 is 0 Å². The van der Waals surface area contributed by atoms with Gasteiger partial charge in [-0.3, -0.25) is 19.1 Å². The van der Waals surface area contributed by atoms with Gasteiger partial charge in [-0.25, -0.2) is 14.8 Å². The topological polar surface area (TPSA) is 90.5 Å². The highest BCUT2D eigenvalue weighted by molar-refractivity contribution is 6.04. The molecule has 8 nitrogen and oxygen atoms in total. The Balaban J connectivity index is 1.83. The molecule has 0 aliphatic carbocycles. The molecule has 0 atom stereocenters. The number of pyridine rings is 2. The zero-order chi connectivity index (χ0) is 20.8. The number of benzene rings is 1. The van der Waals surface area contributed by atoms with Gasteiger partial charge in [-0.15, -0.1) is 0 Å². The second kappa shape index (κ2) is 6.77. The van der Waals surface area contributed by atoms with Gasteiger partial charge in [0.25, 0.3) is 0 Å². The fourth-order valence-corrected chi connectivity index (χ4v) is 3.68. The highest BCUT2D eigenvalue weighted by atomic mass is 16.1. The minimum atomic E-state index is -0.140. The standard InChI is InChI=1S/C22H19N7O/c1-13-6-16(11-24-8-13)29-20-17-7-14(15-9-26-21(23-2)27-10-15)4-5-18(17)25-12-19(20)28(3)22(29)30/h4-12H,1-3H3,(H,23,26,27). The maximum Gasteiger partial charge on any atom is 0.333 e. The molecule has 0 unspecified atom stereocenters. The Morgan fingerprint density at radius 3 is 2.47 bits per heavy atom. The number of hydrogen-bond donors (Lipinski definition) is 1. The Bertz CT molecular complexity index is 1470. The summed E-state index contributed by atoms with van der Waals surface area (Å²) in [5.41, 5.74) is 5.77. The van der Waals surface area contributed by atoms with Gasteiger partial charge >= 0.3 is 5.69 Å². The van der Waals surface area contributed by atoms with Gasteiger partial charge in [-0.05, 0) is 36.2 Å². The van der Waals surface area contributed by atoms with Crippen molar-refractivity contribution in [1.82, 2.24) is 29.1 Å². The molecule has 0 spiro atoms. The molecule has 30 heavy (non-hydrogen) atoms. The zero-order valence-corrected chi connectivity index (χ0v) is 16.8. The smallest absolute Gasteiger partial charge is 0.333 e. The molecule has 1 aromatic carbocycles. The number of aryl methyl sites for hydroxylation is 2. The van der Waals surface area contributed by atoms with E-state index in [4.69, 9.17) is 0 Å². The molecule has 8 heteroatoms. The molecule has 1 N–H and O–H groups in total. The van der Waals surface area contributed by atoms with Crippen LogP contribution in [0.2, 0.25) is 0 Å². The van der Waals surface area contributed by atoms with Crippen LogP contribution in [0.15, 0.2) is 60.0 Å². The number of anilines is 1. The quantitative estimate of drug-likeness (QED) is 0.503. The van der Waals surface area contributed by atoms with E-state index in [0.717, 1.165) is 44.3 Å². The van der Waals surface area contributed by atoms with E-state index in [1.165, 1.54) is 0 Å². The van der Waals surface area contributed by atoms with Crippen LogP contribution in [0, 0.1) is 6.92 Å². The number of nitrogens with one attached hydrogen (secondary N) is 1. The fourth-order valence-electron chi connectivity index (χ4n) is 3.68. The van der Waals surface area contributed by atoms with E-state index in [-0.39, 0.29) is 5.69 Å². The summed E-state index contributed by atoms with van der Waals surface area (Å²) in [6.45, 7) is 1.96. The summed E-state index contributed by atoms with van der Waals surface area (Å²) >= 11 is 0. The summed E-state index contributed by atoms with van der Waals surface area (Å²) in [5, 5.41) is 3.80. The van der Waals surface area contributed by atoms with Crippen molar-refractivity contribution in [2.24, 2.45) is 7.05 Å². The molecular weight excluding hydrogens is 378 g/mol. The molecule has 4 heterocycles. The van der Waals surface area contributed by atoms with E-state index in [1.54, 1.807) is 54.2 Å².